The van der Waals surface area contributed by atoms with Gasteiger partial charge in [-0.3, -0.25) is 0 Å². The molecule has 6 atom stereocenters. The highest BCUT2D eigenvalue weighted by Gasteiger charge is 2.63. The fourth-order valence-electron chi connectivity index (χ4n) is 4.48. The molecular weight excluding hydrogens is 176 g/mol. The van der Waals surface area contributed by atoms with Crippen LogP contribution >= 0.6 is 0 Å². The van der Waals surface area contributed by atoms with Gasteiger partial charge in [0.15, 0.2) is 0 Å². The highest BCUT2D eigenvalue weighted by molar-refractivity contribution is 5.12. The maximum atomic E-state index is 10.3. The highest BCUT2D eigenvalue weighted by atomic mass is 16.3. The predicted octanol–water partition coefficient (Wildman–Crippen LogP) is 1.41. The smallest absolute Gasteiger partial charge is 0.0650 e. The van der Waals surface area contributed by atoms with Gasteiger partial charge in [0, 0.05) is 5.41 Å². The summed E-state index contributed by atoms with van der Waals surface area (Å²) in [6, 6.07) is 0. The second-order valence-electron chi connectivity index (χ2n) is 6.20. The molecule has 2 bridgehead atoms. The minimum Gasteiger partial charge on any atom is -0.392 e. The molecule has 0 aliphatic heterocycles. The van der Waals surface area contributed by atoms with Crippen molar-refractivity contribution in [1.82, 2.24) is 0 Å². The third-order valence-electron chi connectivity index (χ3n) is 5.30. The first kappa shape index (κ1) is 9.17. The second-order valence-corrected chi connectivity index (χ2v) is 6.20. The fourth-order valence-corrected chi connectivity index (χ4v) is 4.48. The van der Waals surface area contributed by atoms with Crippen molar-refractivity contribution in [3.63, 3.8) is 0 Å². The summed E-state index contributed by atoms with van der Waals surface area (Å²) in [6.45, 7) is 4.03. The van der Waals surface area contributed by atoms with Crippen LogP contribution in [0.2, 0.25) is 0 Å². The molecule has 0 saturated heterocycles. The summed E-state index contributed by atoms with van der Waals surface area (Å²) in [5.41, 5.74) is -0.281. The van der Waals surface area contributed by atoms with Crippen LogP contribution < -0.4 is 0 Å². The Morgan fingerprint density at radius 3 is 1.79 bits per heavy atom. The van der Waals surface area contributed by atoms with Gasteiger partial charge in [0.25, 0.3) is 0 Å². The van der Waals surface area contributed by atoms with Crippen LogP contribution in [-0.2, 0) is 0 Å². The lowest BCUT2D eigenvalue weighted by Crippen LogP contribution is -2.36. The zero-order valence-corrected chi connectivity index (χ0v) is 8.98. The van der Waals surface area contributed by atoms with E-state index >= 15 is 0 Å². The fraction of sp³-hybridized carbons (Fsp3) is 1.00. The summed E-state index contributed by atoms with van der Waals surface area (Å²) >= 11 is 0. The van der Waals surface area contributed by atoms with Gasteiger partial charge in [0.1, 0.15) is 0 Å². The maximum Gasteiger partial charge on any atom is 0.0650 e. The average molecular weight is 196 g/mol. The van der Waals surface area contributed by atoms with E-state index in [1.54, 1.807) is 0 Å². The molecule has 3 fully saturated rings. The molecule has 0 heterocycles. The Morgan fingerprint density at radius 1 is 0.929 bits per heavy atom. The second kappa shape index (κ2) is 2.53. The Labute approximate surface area is 85.3 Å². The number of aliphatic hydroxyl groups is 2. The Hall–Kier alpha value is -0.0800. The number of rotatable bonds is 0. The van der Waals surface area contributed by atoms with Crippen LogP contribution in [0, 0.1) is 29.1 Å². The Bertz CT molecular complexity index is 237. The standard InChI is InChI=1S/C12H20O2/c1-12(2)10(13)8-6-3-4-7(5-6)9(8)11(12)14/h6-11,13-14H,3-5H2,1-2H3/t6-,7-,8+,9+,10-,11+/m0/s1. The molecule has 2 nitrogen and oxygen atoms in total. The van der Waals surface area contributed by atoms with Crippen molar-refractivity contribution in [2.24, 2.45) is 29.1 Å². The van der Waals surface area contributed by atoms with Gasteiger partial charge in [0.05, 0.1) is 12.2 Å². The van der Waals surface area contributed by atoms with Crippen molar-refractivity contribution in [3.05, 3.63) is 0 Å². The Kier molecular flexibility index (Phi) is 1.66. The predicted molar refractivity (Wildman–Crippen MR) is 53.6 cm³/mol. The molecule has 2 heteroatoms. The topological polar surface area (TPSA) is 40.5 Å². The summed E-state index contributed by atoms with van der Waals surface area (Å²) in [5.74, 6) is 2.21. The molecule has 0 aromatic carbocycles. The highest BCUT2D eigenvalue weighted by Crippen LogP contribution is 2.62. The first-order valence-electron chi connectivity index (χ1n) is 5.89. The van der Waals surface area contributed by atoms with Crippen LogP contribution in [0.3, 0.4) is 0 Å². The van der Waals surface area contributed by atoms with Crippen LogP contribution in [0.1, 0.15) is 33.1 Å². The molecule has 0 aromatic rings. The summed E-state index contributed by atoms with van der Waals surface area (Å²) in [6.07, 6.45) is 3.27. The zero-order chi connectivity index (χ0) is 10.1. The molecule has 80 valence electrons. The monoisotopic (exact) mass is 196 g/mol. The van der Waals surface area contributed by atoms with Gasteiger partial charge in [-0.15, -0.1) is 0 Å². The van der Waals surface area contributed by atoms with E-state index < -0.39 is 0 Å². The van der Waals surface area contributed by atoms with E-state index in [2.05, 4.69) is 0 Å². The van der Waals surface area contributed by atoms with Crippen molar-refractivity contribution >= 4 is 0 Å². The number of aliphatic hydroxyl groups excluding tert-OH is 2. The zero-order valence-electron chi connectivity index (χ0n) is 8.98. The SMILES string of the molecule is CC1(C)[C@H](O)[C@@H]2[C@H]3CC[C@@H](C3)[C@H]2[C@@H]1O. The van der Waals surface area contributed by atoms with E-state index in [1.165, 1.54) is 19.3 Å². The third kappa shape index (κ3) is 0.849. The number of hydrogen-bond acceptors (Lipinski definition) is 2. The molecule has 3 aliphatic carbocycles. The van der Waals surface area contributed by atoms with Crippen LogP contribution in [0.5, 0.6) is 0 Å². The molecule has 2 N–H and O–H groups in total. The van der Waals surface area contributed by atoms with Crippen molar-refractivity contribution in [3.8, 4) is 0 Å². The molecule has 3 rings (SSSR count). The van der Waals surface area contributed by atoms with Gasteiger partial charge < -0.3 is 10.2 Å². The van der Waals surface area contributed by atoms with E-state index in [1.807, 2.05) is 13.8 Å². The molecule has 0 unspecified atom stereocenters. The third-order valence-corrected chi connectivity index (χ3v) is 5.30. The summed E-state index contributed by atoms with van der Waals surface area (Å²) in [4.78, 5) is 0. The average Bonchev–Trinajstić information content (AvgIpc) is 2.76. The van der Waals surface area contributed by atoms with Crippen LogP contribution in [0.25, 0.3) is 0 Å². The summed E-state index contributed by atoms with van der Waals surface area (Å²) in [7, 11) is 0. The minimum absolute atomic E-state index is 0.280. The summed E-state index contributed by atoms with van der Waals surface area (Å²) < 4.78 is 0. The first-order chi connectivity index (χ1) is 6.53. The van der Waals surface area contributed by atoms with E-state index in [9.17, 15) is 10.2 Å². The lowest BCUT2D eigenvalue weighted by atomic mass is 9.80. The van der Waals surface area contributed by atoms with Crippen LogP contribution in [-0.4, -0.2) is 22.4 Å². The molecule has 0 amide bonds. The lowest BCUT2D eigenvalue weighted by molar-refractivity contribution is -0.0204. The van der Waals surface area contributed by atoms with Gasteiger partial charge in [-0.1, -0.05) is 13.8 Å². The van der Waals surface area contributed by atoms with Gasteiger partial charge >= 0.3 is 0 Å². The van der Waals surface area contributed by atoms with Gasteiger partial charge in [-0.05, 0) is 42.9 Å². The minimum atomic E-state index is -0.281. The van der Waals surface area contributed by atoms with Crippen molar-refractivity contribution < 1.29 is 10.2 Å². The van der Waals surface area contributed by atoms with Crippen LogP contribution in [0.4, 0.5) is 0 Å². The first-order valence-corrected chi connectivity index (χ1v) is 5.89. The van der Waals surface area contributed by atoms with Gasteiger partial charge in [-0.25, -0.2) is 0 Å². The van der Waals surface area contributed by atoms with E-state index in [-0.39, 0.29) is 17.6 Å². The van der Waals surface area contributed by atoms with Gasteiger partial charge in [0.2, 0.25) is 0 Å². The van der Waals surface area contributed by atoms with E-state index in [4.69, 9.17) is 0 Å². The van der Waals surface area contributed by atoms with Crippen molar-refractivity contribution in [2.75, 3.05) is 0 Å². The number of hydrogen-bond donors (Lipinski definition) is 2. The van der Waals surface area contributed by atoms with Crippen molar-refractivity contribution in [2.45, 2.75) is 45.3 Å². The molecule has 14 heavy (non-hydrogen) atoms. The Morgan fingerprint density at radius 2 is 1.36 bits per heavy atom. The largest absolute Gasteiger partial charge is 0.392 e. The molecule has 0 aromatic heterocycles. The Balaban J connectivity index is 1.98. The molecular formula is C12H20O2. The van der Waals surface area contributed by atoms with E-state index in [0.717, 1.165) is 0 Å². The van der Waals surface area contributed by atoms with Crippen molar-refractivity contribution in [1.29, 1.82) is 0 Å². The number of fused-ring (bicyclic) bond motifs is 5. The van der Waals surface area contributed by atoms with Crippen LogP contribution in [0.15, 0.2) is 0 Å². The molecule has 3 saturated carbocycles. The molecule has 0 spiro atoms. The summed E-state index contributed by atoms with van der Waals surface area (Å²) in [5, 5.41) is 20.5. The van der Waals surface area contributed by atoms with Gasteiger partial charge in [-0.2, -0.15) is 0 Å². The lowest BCUT2D eigenvalue weighted by Gasteiger charge is -2.29. The quantitative estimate of drug-likeness (QED) is 0.615. The molecule has 3 aliphatic rings. The normalized spacial score (nSPS) is 59.1. The molecule has 0 radical (unpaired) electrons. The maximum absolute atomic E-state index is 10.3. The van der Waals surface area contributed by atoms with E-state index in [0.29, 0.717) is 23.7 Å².